The fourth-order valence-electron chi connectivity index (χ4n) is 6.04. The van der Waals surface area contributed by atoms with E-state index in [9.17, 15) is 9.59 Å². The SMILES string of the molecule is CC(C)(C)OC(=O)NCCc1ccc(OCCCCc2ccc(-c3ccccc3)c(NC(=O)O[C@H]3CN4CCC3CC4)c2)cc1. The molecule has 2 bridgehead atoms. The third-order valence-electron chi connectivity index (χ3n) is 8.39. The van der Waals surface area contributed by atoms with Crippen molar-refractivity contribution in [3.8, 4) is 16.9 Å². The van der Waals surface area contributed by atoms with Crippen LogP contribution in [0.15, 0.2) is 72.8 Å². The van der Waals surface area contributed by atoms with Gasteiger partial charge in [0, 0.05) is 18.7 Å². The Balaban J connectivity index is 1.08. The van der Waals surface area contributed by atoms with Crippen LogP contribution in [0.3, 0.4) is 0 Å². The topological polar surface area (TPSA) is 89.1 Å². The number of piperidine rings is 3. The molecule has 3 aromatic rings. The number of nitrogens with one attached hydrogen (secondary N) is 2. The molecule has 0 unspecified atom stereocenters. The summed E-state index contributed by atoms with van der Waals surface area (Å²) in [6, 6.07) is 24.4. The predicted molar refractivity (Wildman–Crippen MR) is 178 cm³/mol. The van der Waals surface area contributed by atoms with E-state index in [1.165, 1.54) is 0 Å². The zero-order valence-corrected chi connectivity index (χ0v) is 26.8. The van der Waals surface area contributed by atoms with Crippen LogP contribution in [0.4, 0.5) is 15.3 Å². The van der Waals surface area contributed by atoms with E-state index in [1.807, 2.05) is 63.2 Å². The largest absolute Gasteiger partial charge is 0.494 e. The maximum Gasteiger partial charge on any atom is 0.411 e. The first-order valence-corrected chi connectivity index (χ1v) is 16.3. The minimum Gasteiger partial charge on any atom is -0.494 e. The Bertz CT molecular complexity index is 1400. The van der Waals surface area contributed by atoms with E-state index < -0.39 is 11.7 Å². The monoisotopic (exact) mass is 613 g/mol. The Hall–Kier alpha value is -4.04. The lowest BCUT2D eigenvalue weighted by Crippen LogP contribution is -2.52. The fourth-order valence-corrected chi connectivity index (χ4v) is 6.04. The lowest BCUT2D eigenvalue weighted by atomic mass is 9.86. The van der Waals surface area contributed by atoms with Crippen LogP contribution in [0, 0.1) is 5.92 Å². The van der Waals surface area contributed by atoms with E-state index in [1.54, 1.807) is 0 Å². The van der Waals surface area contributed by atoms with Gasteiger partial charge in [0.15, 0.2) is 0 Å². The number of fused-ring (bicyclic) bond motifs is 3. The van der Waals surface area contributed by atoms with Gasteiger partial charge in [-0.15, -0.1) is 0 Å². The first-order chi connectivity index (χ1) is 21.7. The third-order valence-corrected chi connectivity index (χ3v) is 8.39. The summed E-state index contributed by atoms with van der Waals surface area (Å²) >= 11 is 0. The summed E-state index contributed by atoms with van der Waals surface area (Å²) in [4.78, 5) is 27.2. The summed E-state index contributed by atoms with van der Waals surface area (Å²) in [5.74, 6) is 1.30. The lowest BCUT2D eigenvalue weighted by molar-refractivity contribution is -0.0289. The highest BCUT2D eigenvalue weighted by Crippen LogP contribution is 2.32. The molecular weight excluding hydrogens is 566 g/mol. The van der Waals surface area contributed by atoms with Crippen LogP contribution < -0.4 is 15.4 Å². The van der Waals surface area contributed by atoms with Gasteiger partial charge >= 0.3 is 12.2 Å². The van der Waals surface area contributed by atoms with Crippen molar-refractivity contribution in [2.75, 3.05) is 38.1 Å². The predicted octanol–water partition coefficient (Wildman–Crippen LogP) is 7.47. The number of alkyl carbamates (subject to hydrolysis) is 1. The first kappa shape index (κ1) is 32.4. The molecule has 3 aromatic carbocycles. The van der Waals surface area contributed by atoms with Crippen molar-refractivity contribution in [2.24, 2.45) is 5.92 Å². The second-order valence-corrected chi connectivity index (χ2v) is 13.1. The summed E-state index contributed by atoms with van der Waals surface area (Å²) in [5, 5.41) is 5.87. The summed E-state index contributed by atoms with van der Waals surface area (Å²) in [6.07, 6.45) is 4.87. The van der Waals surface area contributed by atoms with Crippen molar-refractivity contribution in [1.29, 1.82) is 0 Å². The lowest BCUT2D eigenvalue weighted by Gasteiger charge is -2.43. The second-order valence-electron chi connectivity index (χ2n) is 13.1. The van der Waals surface area contributed by atoms with Crippen LogP contribution in [0.5, 0.6) is 5.75 Å². The molecule has 8 heteroatoms. The highest BCUT2D eigenvalue weighted by atomic mass is 16.6. The highest BCUT2D eigenvalue weighted by molar-refractivity contribution is 5.91. The van der Waals surface area contributed by atoms with Gasteiger partial charge in [-0.3, -0.25) is 10.2 Å². The maximum absolute atomic E-state index is 13.0. The van der Waals surface area contributed by atoms with Crippen LogP contribution in [0.1, 0.15) is 57.6 Å². The van der Waals surface area contributed by atoms with E-state index in [0.717, 1.165) is 91.8 Å². The number of unbranched alkanes of at least 4 members (excludes halogenated alkanes) is 1. The van der Waals surface area contributed by atoms with Crippen molar-refractivity contribution >= 4 is 17.9 Å². The van der Waals surface area contributed by atoms with Crippen LogP contribution in [-0.4, -0.2) is 61.6 Å². The van der Waals surface area contributed by atoms with Gasteiger partial charge in [-0.2, -0.15) is 0 Å². The molecule has 3 aliphatic rings. The van der Waals surface area contributed by atoms with Gasteiger partial charge in [-0.1, -0.05) is 54.6 Å². The third kappa shape index (κ3) is 9.98. The molecule has 0 spiro atoms. The van der Waals surface area contributed by atoms with Crippen LogP contribution in [0.2, 0.25) is 0 Å². The quantitative estimate of drug-likeness (QED) is 0.206. The minimum atomic E-state index is -0.502. The number of benzene rings is 3. The normalized spacial score (nSPS) is 19.0. The van der Waals surface area contributed by atoms with Crippen LogP contribution in [-0.2, 0) is 22.3 Å². The smallest absolute Gasteiger partial charge is 0.411 e. The molecule has 45 heavy (non-hydrogen) atoms. The number of carbonyl (C=O) groups is 2. The van der Waals surface area contributed by atoms with Crippen molar-refractivity contribution in [1.82, 2.24) is 10.2 Å². The maximum atomic E-state index is 13.0. The number of ether oxygens (including phenoxy) is 3. The molecule has 2 amide bonds. The van der Waals surface area contributed by atoms with Gasteiger partial charge in [0.25, 0.3) is 0 Å². The van der Waals surface area contributed by atoms with E-state index in [0.29, 0.717) is 19.1 Å². The van der Waals surface area contributed by atoms with Gasteiger partial charge in [-0.25, -0.2) is 9.59 Å². The van der Waals surface area contributed by atoms with Crippen LogP contribution in [0.25, 0.3) is 11.1 Å². The molecule has 3 heterocycles. The van der Waals surface area contributed by atoms with Crippen LogP contribution >= 0.6 is 0 Å². The van der Waals surface area contributed by atoms with Crippen molar-refractivity contribution in [2.45, 2.75) is 71.0 Å². The van der Waals surface area contributed by atoms with E-state index in [4.69, 9.17) is 14.2 Å². The number of aryl methyl sites for hydroxylation is 1. The molecule has 240 valence electrons. The molecule has 3 fully saturated rings. The number of hydrogen-bond acceptors (Lipinski definition) is 6. The molecule has 0 radical (unpaired) electrons. The number of amides is 2. The van der Waals surface area contributed by atoms with E-state index >= 15 is 0 Å². The molecule has 8 nitrogen and oxygen atoms in total. The summed E-state index contributed by atoms with van der Waals surface area (Å²) in [5.41, 5.74) is 4.60. The Morgan fingerprint density at radius 3 is 2.29 bits per heavy atom. The molecule has 6 rings (SSSR count). The van der Waals surface area contributed by atoms with Gasteiger partial charge < -0.3 is 19.5 Å². The summed E-state index contributed by atoms with van der Waals surface area (Å²) < 4.78 is 17.2. The van der Waals surface area contributed by atoms with Gasteiger partial charge in [-0.05, 0) is 113 Å². The Morgan fingerprint density at radius 1 is 0.867 bits per heavy atom. The molecule has 0 saturated carbocycles. The average Bonchev–Trinajstić information content (AvgIpc) is 3.02. The van der Waals surface area contributed by atoms with E-state index in [2.05, 4.69) is 45.9 Å². The Morgan fingerprint density at radius 2 is 1.60 bits per heavy atom. The number of anilines is 1. The molecule has 3 aliphatic heterocycles. The Kier molecular flexibility index (Phi) is 11.0. The first-order valence-electron chi connectivity index (χ1n) is 16.3. The molecule has 0 aromatic heterocycles. The fraction of sp³-hybridized carbons (Fsp3) is 0.459. The standard InChI is InChI=1S/C37H47N3O5/c1-37(2,3)45-35(41)38-21-18-27-12-15-31(16-13-27)43-24-8-7-9-28-14-17-32(29-10-5-4-6-11-29)33(25-28)39-36(42)44-34-26-40-22-19-30(34)20-23-40/h4-6,10-17,25,30,34H,7-9,18-24,26H2,1-3H3,(H,38,41)(H,39,42)/t34-/m0/s1. The summed E-state index contributed by atoms with van der Waals surface area (Å²) in [7, 11) is 0. The molecule has 3 saturated heterocycles. The van der Waals surface area contributed by atoms with Crippen molar-refractivity contribution in [3.05, 3.63) is 83.9 Å². The van der Waals surface area contributed by atoms with E-state index in [-0.39, 0.29) is 12.2 Å². The van der Waals surface area contributed by atoms with Gasteiger partial charge in [0.2, 0.25) is 0 Å². The van der Waals surface area contributed by atoms with Crippen molar-refractivity contribution in [3.63, 3.8) is 0 Å². The number of rotatable bonds is 12. The summed E-state index contributed by atoms with van der Waals surface area (Å²) in [6.45, 7) is 9.74. The Labute approximate surface area is 267 Å². The molecule has 0 aliphatic carbocycles. The number of hydrogen-bond donors (Lipinski definition) is 2. The molecule has 1 atom stereocenters. The van der Waals surface area contributed by atoms with Crippen molar-refractivity contribution < 1.29 is 23.8 Å². The number of carbonyl (C=O) groups excluding carboxylic acids is 2. The average molecular weight is 614 g/mol. The van der Waals surface area contributed by atoms with Gasteiger partial charge in [0.05, 0.1) is 12.3 Å². The molecule has 2 N–H and O–H groups in total. The van der Waals surface area contributed by atoms with Gasteiger partial charge in [0.1, 0.15) is 17.5 Å². The second kappa shape index (κ2) is 15.3. The zero-order valence-electron chi connectivity index (χ0n) is 26.8. The minimum absolute atomic E-state index is 0.0340. The number of nitrogens with zero attached hydrogens (tertiary/aromatic N) is 1. The highest BCUT2D eigenvalue weighted by Gasteiger charge is 2.36. The molecular formula is C37H47N3O5. The zero-order chi connectivity index (χ0) is 31.6.